The number of hydrogen-bond donors (Lipinski definition) is 0. The smallest absolute Gasteiger partial charge is 0.350 e. The number of benzene rings is 1. The molecule has 114 valence electrons. The van der Waals surface area contributed by atoms with Gasteiger partial charge in [-0.25, -0.2) is 9.59 Å². The van der Waals surface area contributed by atoms with Gasteiger partial charge >= 0.3 is 11.6 Å². The largest absolute Gasteiger partial charge is 0.462 e. The Bertz CT molecular complexity index is 726. The lowest BCUT2D eigenvalue weighted by molar-refractivity contribution is 0.0520. The maximum atomic E-state index is 12.0. The number of hydrogen-bond acceptors (Lipinski definition) is 4. The minimum Gasteiger partial charge on any atom is -0.462 e. The van der Waals surface area contributed by atoms with Gasteiger partial charge in [0.05, 0.1) is 6.61 Å². The second-order valence-electron chi connectivity index (χ2n) is 5.66. The van der Waals surface area contributed by atoms with Crippen molar-refractivity contribution in [2.45, 2.75) is 31.6 Å². The molecule has 0 saturated heterocycles. The van der Waals surface area contributed by atoms with Crippen molar-refractivity contribution in [1.82, 2.24) is 0 Å². The van der Waals surface area contributed by atoms with Gasteiger partial charge in [-0.2, -0.15) is 0 Å². The van der Waals surface area contributed by atoms with Crippen LogP contribution in [0.4, 0.5) is 0 Å². The number of carbonyl (C=O) groups excluding carboxylic acids is 1. The molecule has 2 aromatic rings. The zero-order valence-electron chi connectivity index (χ0n) is 12.5. The van der Waals surface area contributed by atoms with Gasteiger partial charge in [0, 0.05) is 5.41 Å². The van der Waals surface area contributed by atoms with E-state index in [0.29, 0.717) is 5.76 Å². The number of esters is 1. The van der Waals surface area contributed by atoms with Gasteiger partial charge in [0.1, 0.15) is 11.3 Å². The molecular weight excluding hydrogens is 280 g/mol. The topological polar surface area (TPSA) is 56.5 Å². The third-order valence-corrected chi connectivity index (χ3v) is 4.08. The number of rotatable bonds is 5. The van der Waals surface area contributed by atoms with Gasteiger partial charge in [0.15, 0.2) is 0 Å². The SMILES string of the molecule is CCOC(=O)c1ccc(C2(Cc3ccccc3)CC2)oc1=O. The van der Waals surface area contributed by atoms with Crippen molar-refractivity contribution >= 4 is 5.97 Å². The van der Waals surface area contributed by atoms with Gasteiger partial charge < -0.3 is 9.15 Å². The lowest BCUT2D eigenvalue weighted by Gasteiger charge is -2.14. The molecule has 1 aliphatic carbocycles. The summed E-state index contributed by atoms with van der Waals surface area (Å²) >= 11 is 0. The van der Waals surface area contributed by atoms with Crippen molar-refractivity contribution in [1.29, 1.82) is 0 Å². The molecule has 0 amide bonds. The predicted octanol–water partition coefficient (Wildman–Crippen LogP) is 3.09. The zero-order valence-corrected chi connectivity index (χ0v) is 12.5. The molecule has 1 fully saturated rings. The molecule has 0 bridgehead atoms. The Morgan fingerprint density at radius 1 is 1.18 bits per heavy atom. The molecule has 1 aliphatic rings. The van der Waals surface area contributed by atoms with E-state index in [1.807, 2.05) is 18.2 Å². The first-order valence-electron chi connectivity index (χ1n) is 7.50. The van der Waals surface area contributed by atoms with Crippen LogP contribution in [0.25, 0.3) is 0 Å². The molecule has 1 aromatic carbocycles. The van der Waals surface area contributed by atoms with Crippen LogP contribution in [0.5, 0.6) is 0 Å². The summed E-state index contributed by atoms with van der Waals surface area (Å²) in [5, 5.41) is 0. The standard InChI is InChI=1S/C18H18O4/c1-2-21-16(19)14-8-9-15(22-17(14)20)18(10-11-18)12-13-6-4-3-5-7-13/h3-9H,2,10-12H2,1H3. The van der Waals surface area contributed by atoms with Crippen molar-refractivity contribution in [3.8, 4) is 0 Å². The summed E-state index contributed by atoms with van der Waals surface area (Å²) in [5.41, 5.74) is 0.460. The van der Waals surface area contributed by atoms with Gasteiger partial charge in [-0.1, -0.05) is 30.3 Å². The summed E-state index contributed by atoms with van der Waals surface area (Å²) in [6.45, 7) is 1.94. The van der Waals surface area contributed by atoms with Crippen molar-refractivity contribution in [3.05, 3.63) is 69.8 Å². The fourth-order valence-electron chi connectivity index (χ4n) is 2.71. The lowest BCUT2D eigenvalue weighted by Crippen LogP contribution is -2.20. The Kier molecular flexibility index (Phi) is 3.84. The molecule has 1 saturated carbocycles. The van der Waals surface area contributed by atoms with E-state index in [1.165, 1.54) is 11.6 Å². The molecule has 3 rings (SSSR count). The predicted molar refractivity (Wildman–Crippen MR) is 82.0 cm³/mol. The Hall–Kier alpha value is -2.36. The van der Waals surface area contributed by atoms with Crippen LogP contribution in [-0.2, 0) is 16.6 Å². The maximum Gasteiger partial charge on any atom is 0.350 e. The van der Waals surface area contributed by atoms with Crippen LogP contribution in [0.3, 0.4) is 0 Å². The van der Waals surface area contributed by atoms with Crippen LogP contribution < -0.4 is 5.63 Å². The highest BCUT2D eigenvalue weighted by Crippen LogP contribution is 2.50. The first-order valence-corrected chi connectivity index (χ1v) is 7.50. The highest BCUT2D eigenvalue weighted by molar-refractivity contribution is 5.88. The third-order valence-electron chi connectivity index (χ3n) is 4.08. The quantitative estimate of drug-likeness (QED) is 0.796. The average Bonchev–Trinajstić information content (AvgIpc) is 3.29. The van der Waals surface area contributed by atoms with Gasteiger partial charge in [0.25, 0.3) is 0 Å². The summed E-state index contributed by atoms with van der Waals surface area (Å²) in [4.78, 5) is 23.7. The Morgan fingerprint density at radius 2 is 1.91 bits per heavy atom. The monoisotopic (exact) mass is 298 g/mol. The molecule has 0 radical (unpaired) electrons. The van der Waals surface area contributed by atoms with Crippen molar-refractivity contribution in [3.63, 3.8) is 0 Å². The summed E-state index contributed by atoms with van der Waals surface area (Å²) in [7, 11) is 0. The minimum atomic E-state index is -0.629. The van der Waals surface area contributed by atoms with Crippen LogP contribution in [0, 0.1) is 0 Å². The molecule has 0 N–H and O–H groups in total. The van der Waals surface area contributed by atoms with Gasteiger partial charge in [-0.15, -0.1) is 0 Å². The summed E-state index contributed by atoms with van der Waals surface area (Å²) in [6, 6.07) is 13.4. The van der Waals surface area contributed by atoms with E-state index >= 15 is 0 Å². The first-order chi connectivity index (χ1) is 10.6. The zero-order chi connectivity index (χ0) is 15.6. The Balaban J connectivity index is 1.85. The van der Waals surface area contributed by atoms with Gasteiger partial charge in [-0.3, -0.25) is 0 Å². The van der Waals surface area contributed by atoms with E-state index in [0.717, 1.165) is 19.3 Å². The van der Waals surface area contributed by atoms with E-state index in [-0.39, 0.29) is 17.6 Å². The normalized spacial score (nSPS) is 15.3. The molecule has 22 heavy (non-hydrogen) atoms. The molecule has 4 nitrogen and oxygen atoms in total. The van der Waals surface area contributed by atoms with Crippen LogP contribution in [0.15, 0.2) is 51.7 Å². The first kappa shape index (κ1) is 14.6. The molecular formula is C18H18O4. The van der Waals surface area contributed by atoms with Gasteiger partial charge in [0.2, 0.25) is 0 Å². The highest BCUT2D eigenvalue weighted by atomic mass is 16.5. The fourth-order valence-corrected chi connectivity index (χ4v) is 2.71. The third kappa shape index (κ3) is 2.82. The maximum absolute atomic E-state index is 12.0. The van der Waals surface area contributed by atoms with E-state index < -0.39 is 11.6 Å². The fraction of sp³-hybridized carbons (Fsp3) is 0.333. The van der Waals surface area contributed by atoms with E-state index in [2.05, 4.69) is 12.1 Å². The van der Waals surface area contributed by atoms with Crippen molar-refractivity contribution in [2.75, 3.05) is 6.61 Å². The summed E-state index contributed by atoms with van der Waals surface area (Å²) in [5.74, 6) is 0.0325. The lowest BCUT2D eigenvalue weighted by atomic mass is 9.93. The number of carbonyl (C=O) groups is 1. The van der Waals surface area contributed by atoms with E-state index in [1.54, 1.807) is 13.0 Å². The second kappa shape index (κ2) is 5.79. The summed E-state index contributed by atoms with van der Waals surface area (Å²) < 4.78 is 10.3. The number of ether oxygens (including phenoxy) is 1. The van der Waals surface area contributed by atoms with Gasteiger partial charge in [-0.05, 0) is 43.9 Å². The average molecular weight is 298 g/mol. The van der Waals surface area contributed by atoms with E-state index in [9.17, 15) is 9.59 Å². The molecule has 0 spiro atoms. The van der Waals surface area contributed by atoms with Crippen LogP contribution in [0.1, 0.15) is 41.4 Å². The molecule has 1 aromatic heterocycles. The minimum absolute atomic E-state index is 0.0406. The van der Waals surface area contributed by atoms with Crippen molar-refractivity contribution in [2.24, 2.45) is 0 Å². The molecule has 0 unspecified atom stereocenters. The van der Waals surface area contributed by atoms with E-state index in [4.69, 9.17) is 9.15 Å². The molecule has 0 atom stereocenters. The summed E-state index contributed by atoms with van der Waals surface area (Å²) in [6.07, 6.45) is 2.82. The Morgan fingerprint density at radius 3 is 2.50 bits per heavy atom. The highest BCUT2D eigenvalue weighted by Gasteiger charge is 2.46. The molecule has 1 heterocycles. The van der Waals surface area contributed by atoms with Crippen molar-refractivity contribution < 1.29 is 13.9 Å². The molecule has 0 aliphatic heterocycles. The van der Waals surface area contributed by atoms with Crippen LogP contribution in [0.2, 0.25) is 0 Å². The second-order valence-corrected chi connectivity index (χ2v) is 5.66. The van der Waals surface area contributed by atoms with Crippen LogP contribution in [-0.4, -0.2) is 12.6 Å². The molecule has 4 heteroatoms. The Labute approximate surface area is 128 Å². The van der Waals surface area contributed by atoms with Crippen LogP contribution >= 0.6 is 0 Å².